The molecular formula is C10H6ClN3S. The van der Waals surface area contributed by atoms with Crippen molar-refractivity contribution in [3.8, 4) is 16.6 Å². The third-order valence-electron chi connectivity index (χ3n) is 1.80. The van der Waals surface area contributed by atoms with Crippen LogP contribution in [0.5, 0.6) is 0 Å². The quantitative estimate of drug-likeness (QED) is 0.804. The molecule has 0 aliphatic rings. The van der Waals surface area contributed by atoms with E-state index in [0.29, 0.717) is 10.0 Å². The predicted molar refractivity (Wildman–Crippen MR) is 59.7 cm³/mol. The molecule has 2 rings (SSSR count). The van der Waals surface area contributed by atoms with Crippen LogP contribution < -0.4 is 0 Å². The molecule has 2 heterocycles. The maximum absolute atomic E-state index is 8.57. The molecule has 0 spiro atoms. The second-order valence-corrected chi connectivity index (χ2v) is 4.42. The van der Waals surface area contributed by atoms with E-state index in [0.717, 1.165) is 10.6 Å². The molecule has 0 aromatic carbocycles. The maximum atomic E-state index is 8.57. The van der Waals surface area contributed by atoms with E-state index < -0.39 is 0 Å². The standard InChI is InChI=1S/C10H6ClN3S/c11-9-8(3-4-12)14-10(15-9)7-2-1-5-13-6-7/h1-2,5-6H,3H2. The van der Waals surface area contributed by atoms with Crippen molar-refractivity contribution in [3.05, 3.63) is 34.6 Å². The lowest BCUT2D eigenvalue weighted by Gasteiger charge is -1.91. The van der Waals surface area contributed by atoms with E-state index >= 15 is 0 Å². The van der Waals surface area contributed by atoms with Crippen molar-refractivity contribution < 1.29 is 0 Å². The summed E-state index contributed by atoms with van der Waals surface area (Å²) in [4.78, 5) is 8.30. The zero-order valence-corrected chi connectivity index (χ0v) is 9.22. The lowest BCUT2D eigenvalue weighted by Crippen LogP contribution is -1.83. The minimum Gasteiger partial charge on any atom is -0.264 e. The molecule has 0 atom stereocenters. The van der Waals surface area contributed by atoms with E-state index in [1.54, 1.807) is 12.4 Å². The maximum Gasteiger partial charge on any atom is 0.126 e. The number of nitriles is 1. The Bertz CT molecular complexity index is 501. The van der Waals surface area contributed by atoms with Crippen LogP contribution in [0, 0.1) is 11.3 Å². The molecule has 2 aromatic heterocycles. The highest BCUT2D eigenvalue weighted by Crippen LogP contribution is 2.31. The predicted octanol–water partition coefficient (Wildman–Crippen LogP) is 2.92. The van der Waals surface area contributed by atoms with Gasteiger partial charge < -0.3 is 0 Å². The van der Waals surface area contributed by atoms with Crippen LogP contribution in [0.2, 0.25) is 4.34 Å². The molecule has 0 amide bonds. The Labute approximate surface area is 96.0 Å². The first-order valence-electron chi connectivity index (χ1n) is 4.24. The van der Waals surface area contributed by atoms with Gasteiger partial charge in [0.15, 0.2) is 0 Å². The molecule has 0 aliphatic carbocycles. The van der Waals surface area contributed by atoms with Gasteiger partial charge in [-0.1, -0.05) is 11.6 Å². The summed E-state index contributed by atoms with van der Waals surface area (Å²) in [5.41, 5.74) is 1.57. The van der Waals surface area contributed by atoms with E-state index in [1.165, 1.54) is 11.3 Å². The summed E-state index contributed by atoms with van der Waals surface area (Å²) in [5.74, 6) is 0. The van der Waals surface area contributed by atoms with Gasteiger partial charge >= 0.3 is 0 Å². The molecule has 0 unspecified atom stereocenters. The van der Waals surface area contributed by atoms with Gasteiger partial charge in [-0.3, -0.25) is 4.98 Å². The van der Waals surface area contributed by atoms with Gasteiger partial charge in [-0.05, 0) is 12.1 Å². The molecule has 15 heavy (non-hydrogen) atoms. The van der Waals surface area contributed by atoms with Crippen molar-refractivity contribution in [2.45, 2.75) is 6.42 Å². The summed E-state index contributed by atoms with van der Waals surface area (Å²) in [6, 6.07) is 5.79. The van der Waals surface area contributed by atoms with Crippen LogP contribution in [0.15, 0.2) is 24.5 Å². The Kier molecular flexibility index (Phi) is 2.95. The average molecular weight is 236 g/mol. The summed E-state index contributed by atoms with van der Waals surface area (Å²) >= 11 is 7.33. The molecule has 2 aromatic rings. The second-order valence-electron chi connectivity index (χ2n) is 2.82. The first-order valence-corrected chi connectivity index (χ1v) is 5.43. The second kappa shape index (κ2) is 4.39. The molecule has 3 nitrogen and oxygen atoms in total. The van der Waals surface area contributed by atoms with Crippen LogP contribution >= 0.6 is 22.9 Å². The Morgan fingerprint density at radius 3 is 3.07 bits per heavy atom. The molecule has 0 aliphatic heterocycles. The first kappa shape index (κ1) is 10.1. The van der Waals surface area contributed by atoms with Gasteiger partial charge in [-0.15, -0.1) is 11.3 Å². The number of pyridine rings is 1. The number of rotatable bonds is 2. The van der Waals surface area contributed by atoms with Crippen LogP contribution in [0.4, 0.5) is 0 Å². The lowest BCUT2D eigenvalue weighted by molar-refractivity contribution is 1.16. The third-order valence-corrected chi connectivity index (χ3v) is 3.19. The highest BCUT2D eigenvalue weighted by atomic mass is 35.5. The van der Waals surface area contributed by atoms with Crippen LogP contribution in [-0.2, 0) is 6.42 Å². The van der Waals surface area contributed by atoms with E-state index in [2.05, 4.69) is 9.97 Å². The smallest absolute Gasteiger partial charge is 0.126 e. The van der Waals surface area contributed by atoms with E-state index in [4.69, 9.17) is 16.9 Å². The number of halogens is 1. The normalized spacial score (nSPS) is 9.87. The van der Waals surface area contributed by atoms with Gasteiger partial charge in [-0.25, -0.2) is 4.98 Å². The molecule has 0 fully saturated rings. The van der Waals surface area contributed by atoms with E-state index in [1.807, 2.05) is 18.2 Å². The van der Waals surface area contributed by atoms with Crippen LogP contribution in [0.1, 0.15) is 5.69 Å². The molecule has 0 radical (unpaired) electrons. The zero-order chi connectivity index (χ0) is 10.7. The number of thiazole rings is 1. The zero-order valence-electron chi connectivity index (χ0n) is 7.64. The van der Waals surface area contributed by atoms with Crippen molar-refractivity contribution in [3.63, 3.8) is 0 Å². The molecule has 0 saturated heterocycles. The summed E-state index contributed by atoms with van der Waals surface area (Å²) in [6.07, 6.45) is 3.68. The van der Waals surface area contributed by atoms with Crippen LogP contribution in [-0.4, -0.2) is 9.97 Å². The molecular weight excluding hydrogens is 230 g/mol. The number of hydrogen-bond acceptors (Lipinski definition) is 4. The van der Waals surface area contributed by atoms with Gasteiger partial charge in [0.05, 0.1) is 18.2 Å². The highest BCUT2D eigenvalue weighted by Gasteiger charge is 2.10. The topological polar surface area (TPSA) is 49.6 Å². The van der Waals surface area contributed by atoms with Crippen LogP contribution in [0.3, 0.4) is 0 Å². The Morgan fingerprint density at radius 2 is 2.40 bits per heavy atom. The number of nitrogens with zero attached hydrogens (tertiary/aromatic N) is 3. The summed E-state index contributed by atoms with van der Waals surface area (Å²) in [7, 11) is 0. The molecule has 5 heteroatoms. The molecule has 0 N–H and O–H groups in total. The Balaban J connectivity index is 2.40. The van der Waals surface area contributed by atoms with E-state index in [-0.39, 0.29) is 6.42 Å². The summed E-state index contributed by atoms with van der Waals surface area (Å²) in [5, 5.41) is 9.37. The monoisotopic (exact) mass is 235 g/mol. The van der Waals surface area contributed by atoms with Crippen LogP contribution in [0.25, 0.3) is 10.6 Å². The van der Waals surface area contributed by atoms with Crippen molar-refractivity contribution >= 4 is 22.9 Å². The minimum atomic E-state index is 0.246. The van der Waals surface area contributed by atoms with Gasteiger partial charge in [0.2, 0.25) is 0 Å². The van der Waals surface area contributed by atoms with Gasteiger partial charge in [-0.2, -0.15) is 5.26 Å². The van der Waals surface area contributed by atoms with E-state index in [9.17, 15) is 0 Å². The Hall–Kier alpha value is -1.44. The fraction of sp³-hybridized carbons (Fsp3) is 0.100. The van der Waals surface area contributed by atoms with Crippen molar-refractivity contribution in [2.24, 2.45) is 0 Å². The van der Waals surface area contributed by atoms with Crippen molar-refractivity contribution in [2.75, 3.05) is 0 Å². The summed E-state index contributed by atoms with van der Waals surface area (Å²) in [6.45, 7) is 0. The van der Waals surface area contributed by atoms with Crippen molar-refractivity contribution in [1.29, 1.82) is 5.26 Å². The molecule has 0 bridgehead atoms. The minimum absolute atomic E-state index is 0.246. The lowest BCUT2D eigenvalue weighted by atomic mass is 10.3. The van der Waals surface area contributed by atoms with Gasteiger partial charge in [0.25, 0.3) is 0 Å². The molecule has 0 saturated carbocycles. The average Bonchev–Trinajstić information content (AvgIpc) is 2.63. The Morgan fingerprint density at radius 1 is 1.53 bits per heavy atom. The summed E-state index contributed by atoms with van der Waals surface area (Å²) < 4.78 is 0.579. The van der Waals surface area contributed by atoms with Gasteiger partial charge in [0.1, 0.15) is 9.34 Å². The van der Waals surface area contributed by atoms with Gasteiger partial charge in [0, 0.05) is 18.0 Å². The number of hydrogen-bond donors (Lipinski definition) is 0. The SMILES string of the molecule is N#CCc1nc(-c2cccnc2)sc1Cl. The molecule has 74 valence electrons. The fourth-order valence-electron chi connectivity index (χ4n) is 1.13. The highest BCUT2D eigenvalue weighted by molar-refractivity contribution is 7.19. The largest absolute Gasteiger partial charge is 0.264 e. The first-order chi connectivity index (χ1) is 7.31. The number of aromatic nitrogens is 2. The third kappa shape index (κ3) is 2.14. The fourth-order valence-corrected chi connectivity index (χ4v) is 2.26. The van der Waals surface area contributed by atoms with Crippen molar-refractivity contribution in [1.82, 2.24) is 9.97 Å².